The first-order valence-electron chi connectivity index (χ1n) is 8.95. The molecule has 2 aliphatic carbocycles. The summed E-state index contributed by atoms with van der Waals surface area (Å²) in [6, 6.07) is 2.42. The highest BCUT2D eigenvalue weighted by atomic mass is 16.1. The van der Waals surface area contributed by atoms with Gasteiger partial charge in [-0.3, -0.25) is 4.79 Å². The van der Waals surface area contributed by atoms with E-state index in [0.717, 1.165) is 31.0 Å². The van der Waals surface area contributed by atoms with E-state index in [-0.39, 0.29) is 5.41 Å². The first-order valence-corrected chi connectivity index (χ1v) is 8.95. The Hall–Kier alpha value is -1.42. The van der Waals surface area contributed by atoms with E-state index < -0.39 is 5.91 Å². The summed E-state index contributed by atoms with van der Waals surface area (Å²) in [5.74, 6) is 0.359. The Balaban J connectivity index is 1.82. The second kappa shape index (κ2) is 6.23. The summed E-state index contributed by atoms with van der Waals surface area (Å²) < 4.78 is 0. The highest BCUT2D eigenvalue weighted by Crippen LogP contribution is 2.39. The van der Waals surface area contributed by atoms with Gasteiger partial charge in [0.15, 0.2) is 0 Å². The number of aromatic nitrogens is 1. The molecule has 3 N–H and O–H groups in total. The Kier molecular flexibility index (Phi) is 4.45. The van der Waals surface area contributed by atoms with Gasteiger partial charge in [0.05, 0.1) is 5.69 Å². The normalized spacial score (nSPS) is 21.3. The molecule has 0 aromatic carbocycles. The van der Waals surface area contributed by atoms with Gasteiger partial charge in [0.25, 0.3) is 5.91 Å². The Morgan fingerprint density at radius 3 is 2.78 bits per heavy atom. The molecule has 1 fully saturated rings. The summed E-state index contributed by atoms with van der Waals surface area (Å²) in [7, 11) is 0. The van der Waals surface area contributed by atoms with Crippen molar-refractivity contribution in [2.45, 2.75) is 77.3 Å². The smallest absolute Gasteiger partial charge is 0.267 e. The third kappa shape index (κ3) is 3.27. The average molecular weight is 315 g/mol. The summed E-state index contributed by atoms with van der Waals surface area (Å²) in [4.78, 5) is 16.2. The third-order valence-electron chi connectivity index (χ3n) is 5.83. The molecule has 1 amide bonds. The summed E-state index contributed by atoms with van der Waals surface area (Å²) in [5.41, 5.74) is 9.54. The van der Waals surface area contributed by atoms with E-state index in [0.29, 0.717) is 11.7 Å². The van der Waals surface area contributed by atoms with Crippen molar-refractivity contribution in [1.82, 2.24) is 10.3 Å². The maximum absolute atomic E-state index is 11.7. The molecule has 1 aromatic heterocycles. The van der Waals surface area contributed by atoms with E-state index in [1.165, 1.54) is 36.8 Å². The zero-order chi connectivity index (χ0) is 16.6. The van der Waals surface area contributed by atoms with Crippen LogP contribution in [-0.4, -0.2) is 16.9 Å². The van der Waals surface area contributed by atoms with Crippen molar-refractivity contribution in [1.29, 1.82) is 0 Å². The summed E-state index contributed by atoms with van der Waals surface area (Å²) in [6.45, 7) is 7.50. The number of primary amides is 1. The number of nitrogens with zero attached hydrogens (tertiary/aromatic N) is 1. The molecule has 126 valence electrons. The van der Waals surface area contributed by atoms with E-state index in [9.17, 15) is 4.79 Å². The van der Waals surface area contributed by atoms with Crippen molar-refractivity contribution in [3.63, 3.8) is 0 Å². The summed E-state index contributed by atoms with van der Waals surface area (Å²) in [6.07, 6.45) is 7.53. The standard InChI is InChI=1S/C19H29N3O/c1-12(13-6-4-5-7-13)21-11-14-10-16(18(20)23)22-17-15(14)8-9-19(17,2)3/h10,12-13,21H,4-9,11H2,1-3H3,(H2,20,23)/t12-/m1/s1. The van der Waals surface area contributed by atoms with E-state index >= 15 is 0 Å². The predicted molar refractivity (Wildman–Crippen MR) is 92.4 cm³/mol. The van der Waals surface area contributed by atoms with Gasteiger partial charge in [-0.15, -0.1) is 0 Å². The van der Waals surface area contributed by atoms with Gasteiger partial charge < -0.3 is 11.1 Å². The zero-order valence-electron chi connectivity index (χ0n) is 14.6. The lowest BCUT2D eigenvalue weighted by Crippen LogP contribution is -2.32. The topological polar surface area (TPSA) is 68.0 Å². The van der Waals surface area contributed by atoms with Crippen LogP contribution in [0.15, 0.2) is 6.07 Å². The molecule has 0 aliphatic heterocycles. The molecule has 2 aliphatic rings. The predicted octanol–water partition coefficient (Wildman–Crippen LogP) is 3.07. The van der Waals surface area contributed by atoms with Crippen LogP contribution in [0.3, 0.4) is 0 Å². The lowest BCUT2D eigenvalue weighted by atomic mass is 9.90. The maximum atomic E-state index is 11.7. The van der Waals surface area contributed by atoms with Crippen LogP contribution >= 0.6 is 0 Å². The molecular weight excluding hydrogens is 286 g/mol. The number of fused-ring (bicyclic) bond motifs is 1. The minimum Gasteiger partial charge on any atom is -0.364 e. The maximum Gasteiger partial charge on any atom is 0.267 e. The first kappa shape index (κ1) is 16.4. The van der Waals surface area contributed by atoms with Crippen molar-refractivity contribution in [2.75, 3.05) is 0 Å². The van der Waals surface area contributed by atoms with Crippen molar-refractivity contribution in [3.8, 4) is 0 Å². The monoisotopic (exact) mass is 315 g/mol. The molecule has 0 saturated heterocycles. The molecule has 0 unspecified atom stereocenters. The van der Waals surface area contributed by atoms with Crippen LogP contribution in [0, 0.1) is 5.92 Å². The van der Waals surface area contributed by atoms with Crippen LogP contribution in [0.25, 0.3) is 0 Å². The SMILES string of the molecule is C[C@@H](NCc1cc(C(N)=O)nc2c1CCC2(C)C)C1CCCC1. The zero-order valence-corrected chi connectivity index (χ0v) is 14.6. The van der Waals surface area contributed by atoms with Crippen LogP contribution in [0.5, 0.6) is 0 Å². The molecule has 4 nitrogen and oxygen atoms in total. The van der Waals surface area contributed by atoms with Gasteiger partial charge in [0.1, 0.15) is 5.69 Å². The number of nitrogens with two attached hydrogens (primary N) is 1. The summed E-state index contributed by atoms with van der Waals surface area (Å²) in [5, 5.41) is 3.68. The van der Waals surface area contributed by atoms with Crippen LogP contribution in [-0.2, 0) is 18.4 Å². The Morgan fingerprint density at radius 1 is 1.43 bits per heavy atom. The largest absolute Gasteiger partial charge is 0.364 e. The van der Waals surface area contributed by atoms with Gasteiger partial charge in [-0.05, 0) is 55.7 Å². The molecule has 1 aromatic rings. The van der Waals surface area contributed by atoms with Crippen molar-refractivity contribution in [3.05, 3.63) is 28.6 Å². The van der Waals surface area contributed by atoms with Gasteiger partial charge in [0, 0.05) is 18.0 Å². The molecule has 4 heteroatoms. The first-order chi connectivity index (χ1) is 10.9. The third-order valence-corrected chi connectivity index (χ3v) is 5.83. The number of rotatable bonds is 5. The minimum atomic E-state index is -0.430. The highest BCUT2D eigenvalue weighted by Gasteiger charge is 2.34. The molecule has 1 heterocycles. The Bertz CT molecular complexity index is 603. The van der Waals surface area contributed by atoms with Gasteiger partial charge >= 0.3 is 0 Å². The van der Waals surface area contributed by atoms with E-state index in [4.69, 9.17) is 5.73 Å². The van der Waals surface area contributed by atoms with E-state index in [1.54, 1.807) is 0 Å². The molecule has 3 rings (SSSR count). The fourth-order valence-electron chi connectivity index (χ4n) is 4.20. The highest BCUT2D eigenvalue weighted by molar-refractivity contribution is 5.91. The number of amides is 1. The second-order valence-corrected chi connectivity index (χ2v) is 7.96. The van der Waals surface area contributed by atoms with E-state index in [2.05, 4.69) is 31.1 Å². The van der Waals surface area contributed by atoms with E-state index in [1.807, 2.05) is 6.07 Å². The number of hydrogen-bond acceptors (Lipinski definition) is 3. The quantitative estimate of drug-likeness (QED) is 0.877. The number of pyridine rings is 1. The number of nitrogens with one attached hydrogen (secondary N) is 1. The van der Waals surface area contributed by atoms with Crippen LogP contribution in [0.2, 0.25) is 0 Å². The molecular formula is C19H29N3O. The van der Waals surface area contributed by atoms with Crippen molar-refractivity contribution >= 4 is 5.91 Å². The van der Waals surface area contributed by atoms with Gasteiger partial charge in [0.2, 0.25) is 0 Å². The molecule has 1 atom stereocenters. The van der Waals surface area contributed by atoms with Gasteiger partial charge in [-0.1, -0.05) is 26.7 Å². The second-order valence-electron chi connectivity index (χ2n) is 7.96. The number of hydrogen-bond donors (Lipinski definition) is 2. The van der Waals surface area contributed by atoms with Crippen molar-refractivity contribution in [2.24, 2.45) is 11.7 Å². The lowest BCUT2D eigenvalue weighted by molar-refractivity contribution is 0.0995. The van der Waals surface area contributed by atoms with Gasteiger partial charge in [-0.25, -0.2) is 4.98 Å². The fourth-order valence-corrected chi connectivity index (χ4v) is 4.20. The van der Waals surface area contributed by atoms with Crippen molar-refractivity contribution < 1.29 is 4.79 Å². The molecule has 1 saturated carbocycles. The van der Waals surface area contributed by atoms with Crippen LogP contribution in [0.4, 0.5) is 0 Å². The average Bonchev–Trinajstić information content (AvgIpc) is 3.13. The fraction of sp³-hybridized carbons (Fsp3) is 0.684. The molecule has 0 spiro atoms. The Morgan fingerprint density at radius 2 is 2.13 bits per heavy atom. The molecule has 0 bridgehead atoms. The van der Waals surface area contributed by atoms with Gasteiger partial charge in [-0.2, -0.15) is 0 Å². The summed E-state index contributed by atoms with van der Waals surface area (Å²) >= 11 is 0. The number of carbonyl (C=O) groups excluding carboxylic acids is 1. The minimum absolute atomic E-state index is 0.0343. The molecule has 0 radical (unpaired) electrons. The lowest BCUT2D eigenvalue weighted by Gasteiger charge is -2.22. The Labute approximate surface area is 139 Å². The molecule has 23 heavy (non-hydrogen) atoms. The number of carbonyl (C=O) groups is 1. The van der Waals surface area contributed by atoms with Crippen LogP contribution in [0.1, 0.15) is 80.2 Å². The van der Waals surface area contributed by atoms with Crippen LogP contribution < -0.4 is 11.1 Å².